The molecule has 0 saturated heterocycles. The summed E-state index contributed by atoms with van der Waals surface area (Å²) in [6, 6.07) is 13.4. The molecule has 1 aromatic carbocycles. The van der Waals surface area contributed by atoms with Crippen molar-refractivity contribution < 1.29 is 4.79 Å². The molecule has 6 heteroatoms. The van der Waals surface area contributed by atoms with E-state index in [9.17, 15) is 4.79 Å². The van der Waals surface area contributed by atoms with Crippen LogP contribution in [0.15, 0.2) is 54.0 Å². The Bertz CT molecular complexity index is 851. The summed E-state index contributed by atoms with van der Waals surface area (Å²) in [5.74, 6) is 0.0481. The molecule has 0 aliphatic heterocycles. The van der Waals surface area contributed by atoms with Crippen molar-refractivity contribution in [1.82, 2.24) is 14.9 Å². The lowest BCUT2D eigenvalue weighted by Crippen LogP contribution is -2.30. The zero-order valence-corrected chi connectivity index (χ0v) is 15.4. The van der Waals surface area contributed by atoms with Crippen LogP contribution in [-0.4, -0.2) is 34.4 Å². The highest BCUT2D eigenvalue weighted by atomic mass is 35.5. The molecule has 0 fully saturated rings. The molecule has 25 heavy (non-hydrogen) atoms. The summed E-state index contributed by atoms with van der Waals surface area (Å²) in [6.07, 6.45) is 2.80. The van der Waals surface area contributed by atoms with Crippen LogP contribution in [0.3, 0.4) is 0 Å². The minimum absolute atomic E-state index is 0.0481. The third-order valence-corrected chi connectivity index (χ3v) is 5.10. The topological polar surface area (TPSA) is 46.1 Å². The molecule has 1 amide bonds. The average molecular weight is 372 g/mol. The summed E-state index contributed by atoms with van der Waals surface area (Å²) in [6.45, 7) is 0.636. The lowest BCUT2D eigenvalue weighted by Gasteiger charge is -2.16. The molecule has 0 saturated carbocycles. The number of aromatic nitrogens is 2. The maximum absolute atomic E-state index is 12.4. The summed E-state index contributed by atoms with van der Waals surface area (Å²) in [7, 11) is 1.81. The molecule has 0 unspecified atom stereocenters. The van der Waals surface area contributed by atoms with Crippen LogP contribution in [0.2, 0.25) is 5.02 Å². The monoisotopic (exact) mass is 371 g/mol. The van der Waals surface area contributed by atoms with Crippen molar-refractivity contribution in [3.05, 3.63) is 70.5 Å². The second-order valence-corrected chi connectivity index (χ2v) is 6.95. The van der Waals surface area contributed by atoms with Crippen LogP contribution in [0.25, 0.3) is 10.6 Å². The van der Waals surface area contributed by atoms with Crippen molar-refractivity contribution >= 4 is 28.8 Å². The quantitative estimate of drug-likeness (QED) is 0.655. The molecule has 3 rings (SSSR count). The van der Waals surface area contributed by atoms with E-state index in [4.69, 9.17) is 11.6 Å². The van der Waals surface area contributed by atoms with Crippen molar-refractivity contribution in [2.75, 3.05) is 13.6 Å². The first-order valence-corrected chi connectivity index (χ1v) is 9.22. The van der Waals surface area contributed by atoms with E-state index in [0.29, 0.717) is 18.0 Å². The summed E-state index contributed by atoms with van der Waals surface area (Å²) >= 11 is 7.71. The Morgan fingerprint density at radius 3 is 2.72 bits per heavy atom. The maximum atomic E-state index is 12.4. The normalized spacial score (nSPS) is 10.6. The van der Waals surface area contributed by atoms with Crippen LogP contribution in [-0.2, 0) is 17.6 Å². The van der Waals surface area contributed by atoms with Gasteiger partial charge in [0.25, 0.3) is 0 Å². The minimum atomic E-state index is 0.0481. The van der Waals surface area contributed by atoms with Crippen molar-refractivity contribution in [1.29, 1.82) is 0 Å². The molecular weight excluding hydrogens is 354 g/mol. The van der Waals surface area contributed by atoms with E-state index in [1.807, 2.05) is 54.9 Å². The molecule has 0 N–H and O–H groups in total. The molecule has 0 atom stereocenters. The van der Waals surface area contributed by atoms with Gasteiger partial charge in [-0.3, -0.25) is 9.78 Å². The number of hydrogen-bond acceptors (Lipinski definition) is 4. The minimum Gasteiger partial charge on any atom is -0.345 e. The number of nitrogens with zero attached hydrogens (tertiary/aromatic N) is 3. The van der Waals surface area contributed by atoms with Gasteiger partial charge in [0.05, 0.1) is 17.1 Å². The molecule has 0 aliphatic rings. The number of pyridine rings is 1. The summed E-state index contributed by atoms with van der Waals surface area (Å²) in [4.78, 5) is 23.0. The summed E-state index contributed by atoms with van der Waals surface area (Å²) in [5, 5.41) is 3.43. The first-order chi connectivity index (χ1) is 12.1. The molecule has 0 radical (unpaired) electrons. The molecule has 0 spiro atoms. The van der Waals surface area contributed by atoms with Gasteiger partial charge in [0, 0.05) is 42.8 Å². The van der Waals surface area contributed by atoms with Crippen molar-refractivity contribution in [2.45, 2.75) is 12.8 Å². The molecule has 3 aromatic rings. The highest BCUT2D eigenvalue weighted by molar-refractivity contribution is 7.13. The Kier molecular flexibility index (Phi) is 5.79. The number of benzene rings is 1. The van der Waals surface area contributed by atoms with Crippen LogP contribution >= 0.6 is 22.9 Å². The van der Waals surface area contributed by atoms with Gasteiger partial charge >= 0.3 is 0 Å². The second-order valence-electron chi connectivity index (χ2n) is 5.69. The molecule has 128 valence electrons. The second kappa shape index (κ2) is 8.23. The molecule has 0 aliphatic carbocycles. The van der Waals surface area contributed by atoms with Crippen LogP contribution in [0.4, 0.5) is 0 Å². The lowest BCUT2D eigenvalue weighted by molar-refractivity contribution is -0.129. The van der Waals surface area contributed by atoms with Crippen LogP contribution in [0.1, 0.15) is 11.4 Å². The van der Waals surface area contributed by atoms with Gasteiger partial charge in [-0.05, 0) is 18.2 Å². The van der Waals surface area contributed by atoms with Gasteiger partial charge in [-0.25, -0.2) is 4.98 Å². The number of thiazole rings is 1. The SMILES string of the molecule is CN(CCc1ccccn1)C(=O)Cc1csc(-c2ccccc2Cl)n1. The van der Waals surface area contributed by atoms with Crippen molar-refractivity contribution in [3.63, 3.8) is 0 Å². The Hall–Kier alpha value is -2.24. The molecular formula is C19H18ClN3OS. The third kappa shape index (κ3) is 4.65. The van der Waals surface area contributed by atoms with Gasteiger partial charge in [-0.1, -0.05) is 35.9 Å². The average Bonchev–Trinajstić information content (AvgIpc) is 3.09. The summed E-state index contributed by atoms with van der Waals surface area (Å²) in [5.41, 5.74) is 2.66. The van der Waals surface area contributed by atoms with E-state index in [-0.39, 0.29) is 5.91 Å². The van der Waals surface area contributed by atoms with Gasteiger partial charge in [0.2, 0.25) is 5.91 Å². The van der Waals surface area contributed by atoms with Gasteiger partial charge in [-0.2, -0.15) is 0 Å². The molecule has 4 nitrogen and oxygen atoms in total. The smallest absolute Gasteiger partial charge is 0.228 e. The number of carbonyl (C=O) groups excluding carboxylic acids is 1. The fraction of sp³-hybridized carbons (Fsp3) is 0.211. The molecule has 0 bridgehead atoms. The van der Waals surface area contributed by atoms with Gasteiger partial charge in [0.15, 0.2) is 0 Å². The third-order valence-electron chi connectivity index (χ3n) is 3.84. The molecule has 2 aromatic heterocycles. The predicted molar refractivity (Wildman–Crippen MR) is 102 cm³/mol. The van der Waals surface area contributed by atoms with Crippen molar-refractivity contribution in [3.8, 4) is 10.6 Å². The maximum Gasteiger partial charge on any atom is 0.228 e. The van der Waals surface area contributed by atoms with Crippen LogP contribution < -0.4 is 0 Å². The number of carbonyl (C=O) groups is 1. The molecule has 2 heterocycles. The van der Waals surface area contributed by atoms with Gasteiger partial charge < -0.3 is 4.90 Å². The fourth-order valence-corrected chi connectivity index (χ4v) is 3.53. The van der Waals surface area contributed by atoms with E-state index in [0.717, 1.165) is 28.4 Å². The van der Waals surface area contributed by atoms with E-state index < -0.39 is 0 Å². The number of likely N-dealkylation sites (N-methyl/N-ethyl adjacent to an activating group) is 1. The van der Waals surface area contributed by atoms with Crippen LogP contribution in [0.5, 0.6) is 0 Å². The number of halogens is 1. The van der Waals surface area contributed by atoms with E-state index >= 15 is 0 Å². The Labute approximate surface area is 156 Å². The van der Waals surface area contributed by atoms with Crippen LogP contribution in [0, 0.1) is 0 Å². The number of hydrogen-bond donors (Lipinski definition) is 0. The van der Waals surface area contributed by atoms with E-state index in [2.05, 4.69) is 9.97 Å². The Balaban J connectivity index is 1.59. The highest BCUT2D eigenvalue weighted by Crippen LogP contribution is 2.30. The highest BCUT2D eigenvalue weighted by Gasteiger charge is 2.14. The van der Waals surface area contributed by atoms with Crippen molar-refractivity contribution in [2.24, 2.45) is 0 Å². The predicted octanol–water partition coefficient (Wildman–Crippen LogP) is 4.10. The standard InChI is InChI=1S/C19H18ClN3OS/c1-23(11-9-14-6-4-5-10-21-14)18(24)12-15-13-25-19(22-15)16-7-2-3-8-17(16)20/h2-8,10,13H,9,11-12H2,1H3. The number of amides is 1. The first-order valence-electron chi connectivity index (χ1n) is 7.96. The lowest BCUT2D eigenvalue weighted by atomic mass is 10.2. The zero-order chi connectivity index (χ0) is 17.6. The largest absolute Gasteiger partial charge is 0.345 e. The Morgan fingerprint density at radius 2 is 1.96 bits per heavy atom. The van der Waals surface area contributed by atoms with E-state index in [1.165, 1.54) is 11.3 Å². The van der Waals surface area contributed by atoms with Gasteiger partial charge in [0.1, 0.15) is 5.01 Å². The zero-order valence-electron chi connectivity index (χ0n) is 13.9. The van der Waals surface area contributed by atoms with Gasteiger partial charge in [-0.15, -0.1) is 11.3 Å². The summed E-state index contributed by atoms with van der Waals surface area (Å²) < 4.78 is 0. The first kappa shape index (κ1) is 17.6. The fourth-order valence-electron chi connectivity index (χ4n) is 2.39. The van der Waals surface area contributed by atoms with E-state index in [1.54, 1.807) is 11.1 Å². The number of rotatable bonds is 6. The Morgan fingerprint density at radius 1 is 1.16 bits per heavy atom.